The first-order valence-electron chi connectivity index (χ1n) is 9.00. The summed E-state index contributed by atoms with van der Waals surface area (Å²) in [5.74, 6) is -0.178. The molecule has 1 saturated heterocycles. The number of nitrogens with zero attached hydrogens (tertiary/aromatic N) is 6. The summed E-state index contributed by atoms with van der Waals surface area (Å²) >= 11 is 1.61. The predicted molar refractivity (Wildman–Crippen MR) is 106 cm³/mol. The molecule has 1 N–H and O–H groups in total. The molecular formula is C17H21N7O3S. The van der Waals surface area contributed by atoms with E-state index < -0.39 is 11.2 Å². The van der Waals surface area contributed by atoms with Crippen molar-refractivity contribution in [1.29, 1.82) is 0 Å². The smallest absolute Gasteiger partial charge is 0.332 e. The molecule has 1 aliphatic heterocycles. The fraction of sp³-hybridized carbons (Fsp3) is 0.471. The lowest BCUT2D eigenvalue weighted by Crippen LogP contribution is -2.45. The summed E-state index contributed by atoms with van der Waals surface area (Å²) in [5, 5.41) is 6.01. The largest absolute Gasteiger partial charge is 0.352 e. The van der Waals surface area contributed by atoms with Gasteiger partial charge in [0.25, 0.3) is 5.56 Å². The summed E-state index contributed by atoms with van der Waals surface area (Å²) in [6.07, 6.45) is 4.90. The van der Waals surface area contributed by atoms with Crippen LogP contribution in [-0.2, 0) is 25.4 Å². The number of thiazole rings is 1. The summed E-state index contributed by atoms with van der Waals surface area (Å²) in [5.41, 5.74) is -0.379. The van der Waals surface area contributed by atoms with Crippen LogP contribution in [0.4, 0.5) is 5.13 Å². The molecule has 4 heterocycles. The number of hydrogen-bond acceptors (Lipinski definition) is 7. The molecule has 0 radical (unpaired) electrons. The molecule has 1 aliphatic rings. The number of aromatic nitrogens is 5. The Bertz CT molecular complexity index is 1120. The Hall–Kier alpha value is -2.95. The molecule has 0 aromatic carbocycles. The molecule has 0 atom stereocenters. The summed E-state index contributed by atoms with van der Waals surface area (Å²) in [4.78, 5) is 47.7. The molecule has 4 rings (SSSR count). The average Bonchev–Trinajstić information content (AvgIpc) is 3.35. The maximum atomic E-state index is 12.5. The molecule has 3 aromatic heterocycles. The number of amides is 1. The van der Waals surface area contributed by atoms with Crippen LogP contribution in [0.1, 0.15) is 12.8 Å². The topological polar surface area (TPSA) is 107 Å². The highest BCUT2D eigenvalue weighted by Crippen LogP contribution is 2.21. The first-order chi connectivity index (χ1) is 13.5. The van der Waals surface area contributed by atoms with E-state index in [2.05, 4.69) is 20.2 Å². The minimum atomic E-state index is -0.458. The van der Waals surface area contributed by atoms with Crippen LogP contribution in [-0.4, -0.2) is 48.7 Å². The van der Waals surface area contributed by atoms with E-state index >= 15 is 0 Å². The molecule has 28 heavy (non-hydrogen) atoms. The molecule has 1 fully saturated rings. The lowest BCUT2D eigenvalue weighted by atomic mass is 10.1. The number of carbonyl (C=O) groups excluding carboxylic acids is 1. The normalized spacial score (nSPS) is 15.3. The van der Waals surface area contributed by atoms with Gasteiger partial charge in [0, 0.05) is 44.8 Å². The zero-order valence-corrected chi connectivity index (χ0v) is 16.5. The lowest BCUT2D eigenvalue weighted by Gasteiger charge is -2.32. The fourth-order valence-electron chi connectivity index (χ4n) is 3.53. The van der Waals surface area contributed by atoms with Gasteiger partial charge in [-0.05, 0) is 12.8 Å². The molecule has 10 nitrogen and oxygen atoms in total. The van der Waals surface area contributed by atoms with E-state index in [0.717, 1.165) is 35.6 Å². The van der Waals surface area contributed by atoms with Crippen molar-refractivity contribution in [2.24, 2.45) is 14.1 Å². The van der Waals surface area contributed by atoms with Crippen molar-refractivity contribution in [2.45, 2.75) is 25.4 Å². The lowest BCUT2D eigenvalue weighted by molar-refractivity contribution is -0.122. The number of fused-ring (bicyclic) bond motifs is 1. The van der Waals surface area contributed by atoms with Gasteiger partial charge in [0.1, 0.15) is 6.54 Å². The number of carbonyl (C=O) groups is 1. The van der Waals surface area contributed by atoms with Crippen LogP contribution in [0.25, 0.3) is 11.2 Å². The van der Waals surface area contributed by atoms with Gasteiger partial charge in [-0.25, -0.2) is 14.8 Å². The Kier molecular flexibility index (Phi) is 4.75. The van der Waals surface area contributed by atoms with Gasteiger partial charge < -0.3 is 14.8 Å². The average molecular weight is 403 g/mol. The van der Waals surface area contributed by atoms with Crippen LogP contribution in [0.3, 0.4) is 0 Å². The molecule has 0 spiro atoms. The van der Waals surface area contributed by atoms with E-state index in [1.165, 1.54) is 22.5 Å². The molecular weight excluding hydrogens is 382 g/mol. The molecule has 0 aliphatic carbocycles. The van der Waals surface area contributed by atoms with Gasteiger partial charge in [0.15, 0.2) is 16.3 Å². The predicted octanol–water partition coefficient (Wildman–Crippen LogP) is -0.325. The monoisotopic (exact) mass is 403 g/mol. The minimum absolute atomic E-state index is 0.0172. The molecule has 1 amide bonds. The van der Waals surface area contributed by atoms with Gasteiger partial charge in [0.05, 0.1) is 6.33 Å². The van der Waals surface area contributed by atoms with Crippen molar-refractivity contribution in [3.8, 4) is 0 Å². The van der Waals surface area contributed by atoms with Crippen LogP contribution in [0, 0.1) is 0 Å². The molecule has 11 heteroatoms. The highest BCUT2D eigenvalue weighted by atomic mass is 32.1. The summed E-state index contributed by atoms with van der Waals surface area (Å²) in [6, 6.07) is 0.0886. The van der Waals surface area contributed by atoms with Crippen LogP contribution in [0.5, 0.6) is 0 Å². The number of rotatable bonds is 4. The highest BCUT2D eigenvalue weighted by Gasteiger charge is 2.23. The van der Waals surface area contributed by atoms with Crippen molar-refractivity contribution in [1.82, 2.24) is 29.0 Å². The van der Waals surface area contributed by atoms with Crippen LogP contribution < -0.4 is 21.5 Å². The van der Waals surface area contributed by atoms with Gasteiger partial charge in [-0.2, -0.15) is 0 Å². The maximum absolute atomic E-state index is 12.5. The van der Waals surface area contributed by atoms with Gasteiger partial charge in [-0.15, -0.1) is 11.3 Å². The zero-order valence-electron chi connectivity index (χ0n) is 15.7. The van der Waals surface area contributed by atoms with Crippen molar-refractivity contribution < 1.29 is 4.79 Å². The second-order valence-corrected chi connectivity index (χ2v) is 7.77. The van der Waals surface area contributed by atoms with Gasteiger partial charge in [0.2, 0.25) is 5.91 Å². The van der Waals surface area contributed by atoms with Crippen LogP contribution in [0.15, 0.2) is 27.5 Å². The van der Waals surface area contributed by atoms with Crippen molar-refractivity contribution in [3.63, 3.8) is 0 Å². The second kappa shape index (κ2) is 7.23. The molecule has 0 unspecified atom stereocenters. The van der Waals surface area contributed by atoms with Gasteiger partial charge in [-0.3, -0.25) is 18.7 Å². The maximum Gasteiger partial charge on any atom is 0.332 e. The van der Waals surface area contributed by atoms with E-state index in [1.807, 2.05) is 5.38 Å². The summed E-state index contributed by atoms with van der Waals surface area (Å²) in [6.45, 7) is 1.67. The van der Waals surface area contributed by atoms with Crippen LogP contribution in [0.2, 0.25) is 0 Å². The van der Waals surface area contributed by atoms with E-state index in [9.17, 15) is 14.4 Å². The minimum Gasteiger partial charge on any atom is -0.352 e. The third kappa shape index (κ3) is 3.21. The van der Waals surface area contributed by atoms with Crippen molar-refractivity contribution in [2.75, 3.05) is 18.0 Å². The Morgan fingerprint density at radius 3 is 2.64 bits per heavy atom. The number of anilines is 1. The zero-order chi connectivity index (χ0) is 19.8. The Morgan fingerprint density at radius 2 is 1.96 bits per heavy atom. The van der Waals surface area contributed by atoms with Crippen molar-refractivity contribution >= 4 is 33.5 Å². The van der Waals surface area contributed by atoms with E-state index in [4.69, 9.17) is 0 Å². The number of piperidine rings is 1. The van der Waals surface area contributed by atoms with Gasteiger partial charge in [-0.1, -0.05) is 0 Å². The number of hydrogen-bond donors (Lipinski definition) is 1. The third-order valence-corrected chi connectivity index (χ3v) is 5.91. The number of nitrogens with one attached hydrogen (secondary N) is 1. The quantitative estimate of drug-likeness (QED) is 0.640. The fourth-order valence-corrected chi connectivity index (χ4v) is 4.23. The van der Waals surface area contributed by atoms with Crippen LogP contribution >= 0.6 is 11.3 Å². The second-order valence-electron chi connectivity index (χ2n) is 6.89. The summed E-state index contributed by atoms with van der Waals surface area (Å²) in [7, 11) is 2.97. The Balaban J connectivity index is 1.44. The first kappa shape index (κ1) is 18.4. The molecule has 3 aromatic rings. The highest BCUT2D eigenvalue weighted by molar-refractivity contribution is 7.13. The SMILES string of the molecule is Cn1c(=O)c2c(ncn2CC(=O)NC2CCN(c3nccs3)CC2)n(C)c1=O. The van der Waals surface area contributed by atoms with E-state index in [-0.39, 0.29) is 29.7 Å². The molecule has 0 saturated carbocycles. The molecule has 148 valence electrons. The van der Waals surface area contributed by atoms with Gasteiger partial charge >= 0.3 is 5.69 Å². The third-order valence-electron chi connectivity index (χ3n) is 5.08. The number of aryl methyl sites for hydroxylation is 1. The Labute approximate surface area is 164 Å². The van der Waals surface area contributed by atoms with Crippen molar-refractivity contribution in [3.05, 3.63) is 38.7 Å². The standard InChI is InChI=1S/C17H21N7O3S/c1-21-14-13(15(26)22(2)17(21)27)24(10-19-14)9-12(25)20-11-3-6-23(7-4-11)16-18-5-8-28-16/h5,8,10-11H,3-4,6-7,9H2,1-2H3,(H,20,25). The molecule has 0 bridgehead atoms. The summed E-state index contributed by atoms with van der Waals surface area (Å²) < 4.78 is 3.82. The Morgan fingerprint density at radius 1 is 1.21 bits per heavy atom. The van der Waals surface area contributed by atoms with E-state index in [1.54, 1.807) is 24.6 Å². The number of imidazole rings is 1. The first-order valence-corrected chi connectivity index (χ1v) is 9.88. The van der Waals surface area contributed by atoms with E-state index in [0.29, 0.717) is 0 Å².